The average Bonchev–Trinajstić information content (AvgIpc) is 2.60. The molecule has 0 aliphatic carbocycles. The van der Waals surface area contributed by atoms with Crippen LogP contribution in [0.15, 0.2) is 18.3 Å². The van der Waals surface area contributed by atoms with Gasteiger partial charge in [-0.05, 0) is 30.0 Å². The molecule has 2 aromatic rings. The zero-order valence-corrected chi connectivity index (χ0v) is 10.1. The molecule has 0 spiro atoms. The van der Waals surface area contributed by atoms with Crippen molar-refractivity contribution in [3.63, 3.8) is 0 Å². The highest BCUT2D eigenvalue weighted by molar-refractivity contribution is 5.82. The van der Waals surface area contributed by atoms with Crippen LogP contribution >= 0.6 is 0 Å². The Morgan fingerprint density at radius 1 is 1.38 bits per heavy atom. The van der Waals surface area contributed by atoms with Gasteiger partial charge >= 0.3 is 0 Å². The van der Waals surface area contributed by atoms with Gasteiger partial charge in [-0.15, -0.1) is 0 Å². The molecule has 0 atom stereocenters. The lowest BCUT2D eigenvalue weighted by Gasteiger charge is -2.09. The second kappa shape index (κ2) is 4.26. The van der Waals surface area contributed by atoms with Crippen molar-refractivity contribution in [2.24, 2.45) is 5.92 Å². The molecule has 2 rings (SSSR count). The first-order valence-electron chi connectivity index (χ1n) is 5.67. The molecule has 0 aliphatic rings. The van der Waals surface area contributed by atoms with Crippen LogP contribution in [0.5, 0.6) is 0 Å². The van der Waals surface area contributed by atoms with Crippen LogP contribution < -0.4 is 0 Å². The SMILES string of the molecule is Cc1cc(CO)cc2cnn(CC(C)C)c12. The van der Waals surface area contributed by atoms with Crippen molar-refractivity contribution in [3.8, 4) is 0 Å². The van der Waals surface area contributed by atoms with Crippen LogP contribution in [0.4, 0.5) is 0 Å². The summed E-state index contributed by atoms with van der Waals surface area (Å²) in [6, 6.07) is 4.03. The van der Waals surface area contributed by atoms with E-state index in [4.69, 9.17) is 5.11 Å². The zero-order chi connectivity index (χ0) is 11.7. The molecule has 3 heteroatoms. The fourth-order valence-electron chi connectivity index (χ4n) is 2.10. The number of hydrogen-bond donors (Lipinski definition) is 1. The Balaban J connectivity index is 2.55. The Kier molecular flexibility index (Phi) is 2.97. The maximum Gasteiger partial charge on any atom is 0.0711 e. The van der Waals surface area contributed by atoms with Crippen molar-refractivity contribution in [1.29, 1.82) is 0 Å². The fraction of sp³-hybridized carbons (Fsp3) is 0.462. The van der Waals surface area contributed by atoms with E-state index >= 15 is 0 Å². The van der Waals surface area contributed by atoms with Crippen LogP contribution in [0.25, 0.3) is 10.9 Å². The minimum absolute atomic E-state index is 0.0894. The van der Waals surface area contributed by atoms with Crippen molar-refractivity contribution in [2.45, 2.75) is 33.9 Å². The predicted octanol–water partition coefficient (Wildman–Crippen LogP) is 2.49. The van der Waals surface area contributed by atoms with Crippen molar-refractivity contribution in [3.05, 3.63) is 29.5 Å². The number of aliphatic hydroxyl groups excluding tert-OH is 1. The van der Waals surface area contributed by atoms with Crippen LogP contribution in [0.2, 0.25) is 0 Å². The van der Waals surface area contributed by atoms with Gasteiger partial charge in [0.1, 0.15) is 0 Å². The number of aryl methyl sites for hydroxylation is 1. The molecule has 0 radical (unpaired) electrons. The van der Waals surface area contributed by atoms with E-state index in [-0.39, 0.29) is 6.61 Å². The van der Waals surface area contributed by atoms with Gasteiger partial charge in [-0.3, -0.25) is 4.68 Å². The molecule has 16 heavy (non-hydrogen) atoms. The van der Waals surface area contributed by atoms with E-state index in [1.54, 1.807) is 0 Å². The molecular formula is C13H18N2O. The number of nitrogens with zero attached hydrogens (tertiary/aromatic N) is 2. The second-order valence-corrected chi connectivity index (χ2v) is 4.73. The standard InChI is InChI=1S/C13H18N2O/c1-9(2)7-15-13-10(3)4-11(8-16)5-12(13)6-14-15/h4-6,9,16H,7-8H2,1-3H3. The fourth-order valence-corrected chi connectivity index (χ4v) is 2.10. The molecule has 0 unspecified atom stereocenters. The summed E-state index contributed by atoms with van der Waals surface area (Å²) in [6.45, 7) is 7.46. The summed E-state index contributed by atoms with van der Waals surface area (Å²) < 4.78 is 2.05. The Morgan fingerprint density at radius 3 is 2.75 bits per heavy atom. The van der Waals surface area contributed by atoms with Crippen molar-refractivity contribution < 1.29 is 5.11 Å². The maximum absolute atomic E-state index is 9.15. The van der Waals surface area contributed by atoms with E-state index in [9.17, 15) is 0 Å². The molecule has 0 fully saturated rings. The second-order valence-electron chi connectivity index (χ2n) is 4.73. The Labute approximate surface area is 95.7 Å². The zero-order valence-electron chi connectivity index (χ0n) is 10.1. The van der Waals surface area contributed by atoms with Crippen LogP contribution in [0.3, 0.4) is 0 Å². The Morgan fingerprint density at radius 2 is 2.12 bits per heavy atom. The molecule has 0 aliphatic heterocycles. The van der Waals surface area contributed by atoms with Gasteiger partial charge in [-0.2, -0.15) is 5.10 Å². The molecule has 86 valence electrons. The van der Waals surface area contributed by atoms with Crippen LogP contribution in [-0.2, 0) is 13.2 Å². The largest absolute Gasteiger partial charge is 0.392 e. The number of benzene rings is 1. The molecular weight excluding hydrogens is 200 g/mol. The van der Waals surface area contributed by atoms with Crippen molar-refractivity contribution in [1.82, 2.24) is 9.78 Å². The van der Waals surface area contributed by atoms with Gasteiger partial charge in [0.25, 0.3) is 0 Å². The first-order chi connectivity index (χ1) is 7.61. The molecule has 0 amide bonds. The lowest BCUT2D eigenvalue weighted by atomic mass is 10.1. The number of fused-ring (bicyclic) bond motifs is 1. The number of aliphatic hydroxyl groups is 1. The van der Waals surface area contributed by atoms with Gasteiger partial charge in [0.2, 0.25) is 0 Å². The summed E-state index contributed by atoms with van der Waals surface area (Å²) in [6.07, 6.45) is 1.88. The third-order valence-corrected chi connectivity index (χ3v) is 2.70. The maximum atomic E-state index is 9.15. The first kappa shape index (κ1) is 11.1. The summed E-state index contributed by atoms with van der Waals surface area (Å²) in [4.78, 5) is 0. The van der Waals surface area contributed by atoms with Crippen LogP contribution in [0.1, 0.15) is 25.0 Å². The molecule has 1 aromatic carbocycles. The minimum atomic E-state index is 0.0894. The van der Waals surface area contributed by atoms with Gasteiger partial charge in [0.05, 0.1) is 18.3 Å². The van der Waals surface area contributed by atoms with Gasteiger partial charge in [0, 0.05) is 11.9 Å². The van der Waals surface area contributed by atoms with Gasteiger partial charge in [-0.1, -0.05) is 19.9 Å². The van der Waals surface area contributed by atoms with Crippen molar-refractivity contribution in [2.75, 3.05) is 0 Å². The van der Waals surface area contributed by atoms with Crippen LogP contribution in [-0.4, -0.2) is 14.9 Å². The highest BCUT2D eigenvalue weighted by Crippen LogP contribution is 2.21. The molecule has 1 aromatic heterocycles. The first-order valence-corrected chi connectivity index (χ1v) is 5.67. The summed E-state index contributed by atoms with van der Waals surface area (Å²) >= 11 is 0. The summed E-state index contributed by atoms with van der Waals surface area (Å²) in [5.74, 6) is 0.583. The number of hydrogen-bond acceptors (Lipinski definition) is 2. The molecule has 1 heterocycles. The topological polar surface area (TPSA) is 38.1 Å². The molecule has 0 bridgehead atoms. The highest BCUT2D eigenvalue weighted by atomic mass is 16.3. The number of rotatable bonds is 3. The quantitative estimate of drug-likeness (QED) is 0.859. The smallest absolute Gasteiger partial charge is 0.0711 e. The summed E-state index contributed by atoms with van der Waals surface area (Å²) in [5.41, 5.74) is 3.32. The normalized spacial score (nSPS) is 11.6. The predicted molar refractivity (Wildman–Crippen MR) is 65.2 cm³/mol. The lowest BCUT2D eigenvalue weighted by molar-refractivity contribution is 0.282. The van der Waals surface area contributed by atoms with Gasteiger partial charge in [0.15, 0.2) is 0 Å². The average molecular weight is 218 g/mol. The van der Waals surface area contributed by atoms with Gasteiger partial charge < -0.3 is 5.11 Å². The molecule has 0 saturated heterocycles. The minimum Gasteiger partial charge on any atom is -0.392 e. The molecule has 0 saturated carbocycles. The summed E-state index contributed by atoms with van der Waals surface area (Å²) in [5, 5.41) is 14.7. The van der Waals surface area contributed by atoms with E-state index in [0.717, 1.165) is 17.5 Å². The van der Waals surface area contributed by atoms with Gasteiger partial charge in [-0.25, -0.2) is 0 Å². The lowest BCUT2D eigenvalue weighted by Crippen LogP contribution is -2.06. The van der Waals surface area contributed by atoms with E-state index in [1.165, 1.54) is 11.1 Å². The third-order valence-electron chi connectivity index (χ3n) is 2.70. The Bertz CT molecular complexity index is 500. The number of aromatic nitrogens is 2. The Hall–Kier alpha value is -1.35. The van der Waals surface area contributed by atoms with E-state index in [0.29, 0.717) is 5.92 Å². The van der Waals surface area contributed by atoms with E-state index < -0.39 is 0 Å². The monoisotopic (exact) mass is 218 g/mol. The summed E-state index contributed by atoms with van der Waals surface area (Å²) in [7, 11) is 0. The van der Waals surface area contributed by atoms with E-state index in [1.807, 2.05) is 18.3 Å². The van der Waals surface area contributed by atoms with E-state index in [2.05, 4.69) is 30.6 Å². The highest BCUT2D eigenvalue weighted by Gasteiger charge is 2.08. The van der Waals surface area contributed by atoms with Crippen molar-refractivity contribution >= 4 is 10.9 Å². The molecule has 1 N–H and O–H groups in total. The van der Waals surface area contributed by atoms with Crippen LogP contribution in [0, 0.1) is 12.8 Å². The molecule has 3 nitrogen and oxygen atoms in total. The third kappa shape index (κ3) is 1.95.